The fraction of sp³-hybridized carbons (Fsp3) is 0.214. The van der Waals surface area contributed by atoms with E-state index in [0.29, 0.717) is 22.2 Å². The molecule has 3 heteroatoms. The van der Waals surface area contributed by atoms with Crippen LogP contribution in [0.2, 0.25) is 5.02 Å². The minimum atomic E-state index is -0.0958. The van der Waals surface area contributed by atoms with Gasteiger partial charge in [0.05, 0.1) is 10.7 Å². The molecule has 0 saturated carbocycles. The summed E-state index contributed by atoms with van der Waals surface area (Å²) in [5, 5.41) is 3.36. The van der Waals surface area contributed by atoms with Gasteiger partial charge >= 0.3 is 0 Å². The Bertz CT molecular complexity index is 515. The molecule has 2 nitrogen and oxygen atoms in total. The Morgan fingerprint density at radius 3 is 2.82 bits per heavy atom. The zero-order valence-electron chi connectivity index (χ0n) is 9.83. The van der Waals surface area contributed by atoms with Crippen molar-refractivity contribution in [1.82, 2.24) is 0 Å². The Kier molecular flexibility index (Phi) is 3.34. The number of amides is 1. The maximum absolute atomic E-state index is 11.8. The zero-order valence-corrected chi connectivity index (χ0v) is 10.6. The lowest BCUT2D eigenvalue weighted by Gasteiger charge is -1.99. The first-order chi connectivity index (χ1) is 8.09. The van der Waals surface area contributed by atoms with Crippen LogP contribution in [-0.2, 0) is 4.79 Å². The van der Waals surface area contributed by atoms with Crippen molar-refractivity contribution >= 4 is 28.8 Å². The monoisotopic (exact) mass is 247 g/mol. The summed E-state index contributed by atoms with van der Waals surface area (Å²) in [7, 11) is 0. The predicted molar refractivity (Wildman–Crippen MR) is 72.0 cm³/mol. The molecular formula is C14H14ClNO. The Morgan fingerprint density at radius 2 is 2.12 bits per heavy atom. The predicted octanol–water partition coefficient (Wildman–Crippen LogP) is 3.89. The molecule has 0 unspecified atom stereocenters. The van der Waals surface area contributed by atoms with Gasteiger partial charge in [-0.25, -0.2) is 0 Å². The minimum Gasteiger partial charge on any atom is -0.320 e. The van der Waals surface area contributed by atoms with Crippen LogP contribution in [0.5, 0.6) is 0 Å². The second-order valence-corrected chi connectivity index (χ2v) is 4.73. The van der Waals surface area contributed by atoms with Crippen molar-refractivity contribution in [1.29, 1.82) is 0 Å². The molecule has 1 heterocycles. The number of hydrogen-bond acceptors (Lipinski definition) is 1. The lowest BCUT2D eigenvalue weighted by Crippen LogP contribution is -2.03. The van der Waals surface area contributed by atoms with Gasteiger partial charge in [-0.2, -0.15) is 0 Å². The van der Waals surface area contributed by atoms with Crippen LogP contribution in [0.25, 0.3) is 5.57 Å². The van der Waals surface area contributed by atoms with E-state index < -0.39 is 0 Å². The number of para-hydroxylation sites is 1. The second kappa shape index (κ2) is 4.76. The topological polar surface area (TPSA) is 29.1 Å². The van der Waals surface area contributed by atoms with Crippen LogP contribution in [0, 0.1) is 5.92 Å². The van der Waals surface area contributed by atoms with E-state index in [1.165, 1.54) is 0 Å². The molecule has 1 amide bonds. The minimum absolute atomic E-state index is 0.0958. The van der Waals surface area contributed by atoms with Crippen molar-refractivity contribution in [2.75, 3.05) is 5.32 Å². The summed E-state index contributed by atoms with van der Waals surface area (Å²) in [5.74, 6) is 0.372. The van der Waals surface area contributed by atoms with Gasteiger partial charge in [-0.1, -0.05) is 49.7 Å². The van der Waals surface area contributed by atoms with Gasteiger partial charge in [0.25, 0.3) is 5.91 Å². The van der Waals surface area contributed by atoms with Crippen LogP contribution < -0.4 is 5.32 Å². The number of anilines is 1. The van der Waals surface area contributed by atoms with E-state index in [1.54, 1.807) is 6.07 Å². The molecule has 1 N–H and O–H groups in total. The van der Waals surface area contributed by atoms with Crippen LogP contribution in [0.1, 0.15) is 19.4 Å². The Hall–Kier alpha value is -1.54. The number of benzene rings is 1. The quantitative estimate of drug-likeness (QED) is 0.790. The summed E-state index contributed by atoms with van der Waals surface area (Å²) >= 11 is 6.02. The number of nitrogens with one attached hydrogen (secondary N) is 1. The molecule has 0 aliphatic carbocycles. The Balaban J connectivity index is 2.39. The highest BCUT2D eigenvalue weighted by atomic mass is 35.5. The molecular weight excluding hydrogens is 234 g/mol. The molecule has 0 aromatic heterocycles. The summed E-state index contributed by atoms with van der Waals surface area (Å²) in [4.78, 5) is 11.8. The standard InChI is InChI=1S/C14H14ClNO/c1-9(2)5-3-7-11-10-6-4-8-12(15)13(10)16-14(11)17/h3-9H,1-2H3,(H,16,17)/b5-3+,11-7-. The van der Waals surface area contributed by atoms with Crippen molar-refractivity contribution < 1.29 is 4.79 Å². The van der Waals surface area contributed by atoms with E-state index >= 15 is 0 Å². The van der Waals surface area contributed by atoms with Crippen molar-refractivity contribution in [3.8, 4) is 0 Å². The number of carbonyl (C=O) groups excluding carboxylic acids is 1. The van der Waals surface area contributed by atoms with Gasteiger partial charge in [-0.15, -0.1) is 0 Å². The molecule has 0 fully saturated rings. The molecule has 2 rings (SSSR count). The van der Waals surface area contributed by atoms with Crippen LogP contribution >= 0.6 is 11.6 Å². The van der Waals surface area contributed by atoms with Gasteiger partial charge in [0.2, 0.25) is 0 Å². The van der Waals surface area contributed by atoms with E-state index in [9.17, 15) is 4.79 Å². The molecule has 1 aliphatic heterocycles. The fourth-order valence-electron chi connectivity index (χ4n) is 1.72. The van der Waals surface area contributed by atoms with Crippen molar-refractivity contribution in [2.45, 2.75) is 13.8 Å². The van der Waals surface area contributed by atoms with Crippen molar-refractivity contribution in [3.05, 3.63) is 47.0 Å². The molecule has 1 aromatic rings. The maximum Gasteiger partial charge on any atom is 0.256 e. The molecule has 0 radical (unpaired) electrons. The summed E-state index contributed by atoms with van der Waals surface area (Å²) in [6.07, 6.45) is 5.79. The molecule has 88 valence electrons. The number of hydrogen-bond donors (Lipinski definition) is 1. The highest BCUT2D eigenvalue weighted by Gasteiger charge is 2.24. The normalized spacial score (nSPS) is 16.9. The van der Waals surface area contributed by atoms with E-state index in [-0.39, 0.29) is 5.91 Å². The van der Waals surface area contributed by atoms with E-state index in [4.69, 9.17) is 11.6 Å². The molecule has 0 saturated heterocycles. The van der Waals surface area contributed by atoms with Crippen LogP contribution in [0.3, 0.4) is 0 Å². The van der Waals surface area contributed by atoms with Gasteiger partial charge in [0.15, 0.2) is 0 Å². The lowest BCUT2D eigenvalue weighted by atomic mass is 10.1. The largest absolute Gasteiger partial charge is 0.320 e. The molecule has 1 aliphatic rings. The smallest absolute Gasteiger partial charge is 0.256 e. The third-order valence-corrected chi connectivity index (χ3v) is 2.86. The van der Waals surface area contributed by atoms with E-state index in [0.717, 1.165) is 5.56 Å². The third-order valence-electron chi connectivity index (χ3n) is 2.55. The highest BCUT2D eigenvalue weighted by molar-refractivity contribution is 6.39. The van der Waals surface area contributed by atoms with Crippen molar-refractivity contribution in [3.63, 3.8) is 0 Å². The Morgan fingerprint density at radius 1 is 1.35 bits per heavy atom. The van der Waals surface area contributed by atoms with Gasteiger partial charge in [-0.05, 0) is 18.1 Å². The maximum atomic E-state index is 11.8. The first-order valence-electron chi connectivity index (χ1n) is 5.58. The Labute approximate surface area is 106 Å². The zero-order chi connectivity index (χ0) is 12.4. The molecule has 0 atom stereocenters. The van der Waals surface area contributed by atoms with Crippen molar-refractivity contribution in [2.24, 2.45) is 5.92 Å². The summed E-state index contributed by atoms with van der Waals surface area (Å²) in [6, 6.07) is 5.52. The highest BCUT2D eigenvalue weighted by Crippen LogP contribution is 2.36. The average Bonchev–Trinajstić information content (AvgIpc) is 2.57. The first kappa shape index (κ1) is 11.9. The van der Waals surface area contributed by atoms with Gasteiger partial charge in [0, 0.05) is 11.1 Å². The fourth-order valence-corrected chi connectivity index (χ4v) is 1.94. The van der Waals surface area contributed by atoms with Gasteiger partial charge < -0.3 is 5.32 Å². The van der Waals surface area contributed by atoms with Gasteiger partial charge in [-0.3, -0.25) is 4.79 Å². The average molecular weight is 248 g/mol. The number of carbonyl (C=O) groups is 1. The summed E-state index contributed by atoms with van der Waals surface area (Å²) in [6.45, 7) is 4.18. The van der Waals surface area contributed by atoms with Crippen LogP contribution in [-0.4, -0.2) is 5.91 Å². The number of fused-ring (bicyclic) bond motifs is 1. The molecule has 1 aromatic carbocycles. The van der Waals surface area contributed by atoms with E-state index in [1.807, 2.05) is 30.4 Å². The summed E-state index contributed by atoms with van der Waals surface area (Å²) in [5.41, 5.74) is 2.25. The second-order valence-electron chi connectivity index (χ2n) is 4.33. The third kappa shape index (κ3) is 2.42. The number of allylic oxidation sites excluding steroid dienone is 3. The summed E-state index contributed by atoms with van der Waals surface area (Å²) < 4.78 is 0. The SMILES string of the molecule is CC(C)/C=C/C=C1\C(=O)Nc2c(Cl)cccc21. The molecule has 17 heavy (non-hydrogen) atoms. The van der Waals surface area contributed by atoms with Crippen LogP contribution in [0.15, 0.2) is 36.4 Å². The molecule has 0 spiro atoms. The molecule has 0 bridgehead atoms. The van der Waals surface area contributed by atoms with Crippen LogP contribution in [0.4, 0.5) is 5.69 Å². The van der Waals surface area contributed by atoms with Gasteiger partial charge in [0.1, 0.15) is 0 Å². The number of halogens is 1. The van der Waals surface area contributed by atoms with E-state index in [2.05, 4.69) is 19.2 Å². The lowest BCUT2D eigenvalue weighted by molar-refractivity contribution is -0.110. The first-order valence-corrected chi connectivity index (χ1v) is 5.96. The number of rotatable bonds is 2.